The van der Waals surface area contributed by atoms with E-state index in [2.05, 4.69) is 28.1 Å². The first-order chi connectivity index (χ1) is 18.1. The van der Waals surface area contributed by atoms with Gasteiger partial charge in [-0.25, -0.2) is 0 Å². The highest BCUT2D eigenvalue weighted by Crippen LogP contribution is 2.47. The van der Waals surface area contributed by atoms with Crippen LogP contribution < -0.4 is 9.47 Å². The van der Waals surface area contributed by atoms with Crippen molar-refractivity contribution in [3.63, 3.8) is 0 Å². The van der Waals surface area contributed by atoms with Crippen molar-refractivity contribution in [1.29, 1.82) is 0 Å². The van der Waals surface area contributed by atoms with Crippen molar-refractivity contribution >= 4 is 38.0 Å². The third kappa shape index (κ3) is 3.80. The third-order valence-electron chi connectivity index (χ3n) is 6.61. The zero-order valence-corrected chi connectivity index (χ0v) is 21.0. The van der Waals surface area contributed by atoms with E-state index in [0.29, 0.717) is 0 Å². The smallest absolute Gasteiger partial charge is 0.269 e. The van der Waals surface area contributed by atoms with Crippen molar-refractivity contribution < 1.29 is 14.4 Å². The van der Waals surface area contributed by atoms with Gasteiger partial charge in [-0.1, -0.05) is 18.2 Å². The summed E-state index contributed by atoms with van der Waals surface area (Å²) in [6.07, 6.45) is 0. The maximum absolute atomic E-state index is 11.4. The molecule has 0 aliphatic rings. The van der Waals surface area contributed by atoms with E-state index in [4.69, 9.17) is 9.47 Å². The molecule has 182 valence electrons. The number of fused-ring (bicyclic) bond motifs is 2. The summed E-state index contributed by atoms with van der Waals surface area (Å²) < 4.78 is 14.4. The number of thiophene rings is 1. The summed E-state index contributed by atoms with van der Waals surface area (Å²) in [6, 6.07) is 29.1. The second-order valence-electron chi connectivity index (χ2n) is 8.59. The lowest BCUT2D eigenvalue weighted by Gasteiger charge is -2.13. The van der Waals surface area contributed by atoms with E-state index in [1.165, 1.54) is 4.70 Å². The van der Waals surface area contributed by atoms with Gasteiger partial charge in [0, 0.05) is 49.8 Å². The molecule has 0 unspecified atom stereocenters. The van der Waals surface area contributed by atoms with Crippen LogP contribution in [-0.2, 0) is 0 Å². The van der Waals surface area contributed by atoms with E-state index in [-0.39, 0.29) is 10.6 Å². The van der Waals surface area contributed by atoms with E-state index in [1.807, 2.05) is 60.7 Å². The van der Waals surface area contributed by atoms with E-state index in [1.54, 1.807) is 37.7 Å². The Balaban J connectivity index is 1.76. The number of nitro groups is 1. The quantitative estimate of drug-likeness (QED) is 0.169. The van der Waals surface area contributed by atoms with Crippen LogP contribution in [-0.4, -0.2) is 23.7 Å². The topological polar surface area (TPSA) is 66.5 Å². The number of nitro benzene ring substituents is 1. The monoisotopic (exact) mass is 506 g/mol. The number of rotatable bonds is 6. The minimum atomic E-state index is -0.374. The molecule has 0 saturated carbocycles. The van der Waals surface area contributed by atoms with Gasteiger partial charge >= 0.3 is 0 Å². The molecule has 6 nitrogen and oxygen atoms in total. The number of ether oxygens (including phenoxy) is 2. The van der Waals surface area contributed by atoms with Crippen molar-refractivity contribution in [3.8, 4) is 39.6 Å². The largest absolute Gasteiger partial charge is 0.497 e. The van der Waals surface area contributed by atoms with Gasteiger partial charge in [-0.3, -0.25) is 10.1 Å². The number of non-ortho nitro benzene ring substituents is 1. The SMILES string of the molecule is COc1ccc(-n2c(-c3csc4ccccc34)c(-c3ccc([N+](=O)[O-])cc3)c3cc(OC)ccc32)cc1. The van der Waals surface area contributed by atoms with Gasteiger partial charge in [-0.05, 0) is 66.2 Å². The Morgan fingerprint density at radius 2 is 1.51 bits per heavy atom. The average Bonchev–Trinajstić information content (AvgIpc) is 3.51. The number of hydrogen-bond donors (Lipinski definition) is 0. The molecule has 4 aromatic carbocycles. The molecule has 0 aliphatic heterocycles. The van der Waals surface area contributed by atoms with E-state index in [0.717, 1.165) is 55.9 Å². The van der Waals surface area contributed by atoms with Crippen molar-refractivity contribution in [2.24, 2.45) is 0 Å². The summed E-state index contributed by atoms with van der Waals surface area (Å²) >= 11 is 1.70. The molecule has 7 heteroatoms. The van der Waals surface area contributed by atoms with Crippen LogP contribution in [0.5, 0.6) is 11.5 Å². The molecular weight excluding hydrogens is 484 g/mol. The molecule has 0 aliphatic carbocycles. The lowest BCUT2D eigenvalue weighted by molar-refractivity contribution is -0.384. The number of aromatic nitrogens is 1. The van der Waals surface area contributed by atoms with Crippen LogP contribution in [0.1, 0.15) is 0 Å². The first-order valence-electron chi connectivity index (χ1n) is 11.7. The Bertz CT molecular complexity index is 1770. The summed E-state index contributed by atoms with van der Waals surface area (Å²) in [6.45, 7) is 0. The van der Waals surface area contributed by atoms with Crippen molar-refractivity contribution in [2.75, 3.05) is 14.2 Å². The van der Waals surface area contributed by atoms with Gasteiger partial charge in [-0.2, -0.15) is 0 Å². The highest BCUT2D eigenvalue weighted by Gasteiger charge is 2.24. The number of nitrogens with zero attached hydrogens (tertiary/aromatic N) is 2. The predicted molar refractivity (Wildman–Crippen MR) is 149 cm³/mol. The van der Waals surface area contributed by atoms with Crippen molar-refractivity contribution in [1.82, 2.24) is 4.57 Å². The molecular formula is C30H22N2O4S. The molecule has 0 N–H and O–H groups in total. The van der Waals surface area contributed by atoms with Gasteiger partial charge in [0.05, 0.1) is 30.4 Å². The molecule has 6 rings (SSSR count). The molecule has 37 heavy (non-hydrogen) atoms. The Morgan fingerprint density at radius 3 is 2.22 bits per heavy atom. The number of benzene rings is 4. The molecule has 0 radical (unpaired) electrons. The minimum absolute atomic E-state index is 0.0581. The predicted octanol–water partition coefficient (Wildman–Crippen LogP) is 8.10. The van der Waals surface area contributed by atoms with Crippen LogP contribution in [0.15, 0.2) is 96.4 Å². The van der Waals surface area contributed by atoms with Gasteiger partial charge in [0.2, 0.25) is 0 Å². The molecule has 0 saturated heterocycles. The molecule has 2 aromatic heterocycles. The van der Waals surface area contributed by atoms with E-state index >= 15 is 0 Å². The summed E-state index contributed by atoms with van der Waals surface area (Å²) in [5.74, 6) is 1.52. The van der Waals surface area contributed by atoms with Gasteiger partial charge in [0.15, 0.2) is 0 Å². The lowest BCUT2D eigenvalue weighted by atomic mass is 9.97. The van der Waals surface area contributed by atoms with E-state index in [9.17, 15) is 10.1 Å². The van der Waals surface area contributed by atoms with Crippen LogP contribution in [0.4, 0.5) is 5.69 Å². The normalized spacial score (nSPS) is 11.2. The third-order valence-corrected chi connectivity index (χ3v) is 7.57. The van der Waals surface area contributed by atoms with Crippen molar-refractivity contribution in [2.45, 2.75) is 0 Å². The zero-order chi connectivity index (χ0) is 25.5. The first kappa shape index (κ1) is 22.8. The fourth-order valence-electron chi connectivity index (χ4n) is 4.85. The number of methoxy groups -OCH3 is 2. The second-order valence-corrected chi connectivity index (χ2v) is 9.50. The highest BCUT2D eigenvalue weighted by atomic mass is 32.1. The summed E-state index contributed by atoms with van der Waals surface area (Å²) in [7, 11) is 3.31. The fourth-order valence-corrected chi connectivity index (χ4v) is 5.80. The summed E-state index contributed by atoms with van der Waals surface area (Å²) in [4.78, 5) is 11.0. The van der Waals surface area contributed by atoms with Gasteiger partial charge < -0.3 is 14.0 Å². The van der Waals surface area contributed by atoms with Gasteiger partial charge in [0.1, 0.15) is 11.5 Å². The second kappa shape index (κ2) is 9.11. The molecule has 0 amide bonds. The van der Waals surface area contributed by atoms with Crippen LogP contribution in [0.3, 0.4) is 0 Å². The first-order valence-corrected chi connectivity index (χ1v) is 12.6. The Hall–Kier alpha value is -4.62. The summed E-state index contributed by atoms with van der Waals surface area (Å²) in [5.41, 5.74) is 6.03. The molecule has 0 atom stereocenters. The Morgan fingerprint density at radius 1 is 0.811 bits per heavy atom. The molecule has 0 fully saturated rings. The molecule has 0 spiro atoms. The van der Waals surface area contributed by atoms with Crippen LogP contribution in [0.2, 0.25) is 0 Å². The average molecular weight is 507 g/mol. The van der Waals surface area contributed by atoms with Crippen LogP contribution >= 0.6 is 11.3 Å². The van der Waals surface area contributed by atoms with Gasteiger partial charge in [-0.15, -0.1) is 11.3 Å². The molecule has 2 heterocycles. The van der Waals surface area contributed by atoms with Gasteiger partial charge in [0.25, 0.3) is 5.69 Å². The standard InChI is InChI=1S/C30H22N2O4S/c1-35-22-13-11-20(12-14-22)31-27-16-15-23(36-2)17-25(27)29(19-7-9-21(10-8-19)32(33)34)30(31)26-18-37-28-6-4-3-5-24(26)28/h3-18H,1-2H3. The fraction of sp³-hybridized carbons (Fsp3) is 0.0667. The van der Waals surface area contributed by atoms with Crippen LogP contribution in [0.25, 0.3) is 49.1 Å². The maximum Gasteiger partial charge on any atom is 0.269 e. The minimum Gasteiger partial charge on any atom is -0.497 e. The Labute approximate surface area is 217 Å². The molecule has 6 aromatic rings. The zero-order valence-electron chi connectivity index (χ0n) is 20.2. The summed E-state index contributed by atoms with van der Waals surface area (Å²) in [5, 5.41) is 15.7. The Kier molecular flexibility index (Phi) is 5.62. The van der Waals surface area contributed by atoms with Crippen LogP contribution in [0, 0.1) is 10.1 Å². The molecule has 0 bridgehead atoms. The highest BCUT2D eigenvalue weighted by molar-refractivity contribution is 7.17. The number of hydrogen-bond acceptors (Lipinski definition) is 5. The maximum atomic E-state index is 11.4. The lowest BCUT2D eigenvalue weighted by Crippen LogP contribution is -1.97. The van der Waals surface area contributed by atoms with Crippen molar-refractivity contribution in [3.05, 3.63) is 106 Å². The van der Waals surface area contributed by atoms with E-state index < -0.39 is 0 Å².